The molecule has 0 aromatic rings. The van der Waals surface area contributed by atoms with E-state index in [2.05, 4.69) is 0 Å². The van der Waals surface area contributed by atoms with Gasteiger partial charge in [0.25, 0.3) is 0 Å². The molecule has 0 saturated heterocycles. The minimum Gasteiger partial charge on any atom is -0.207 e. The zero-order valence-electron chi connectivity index (χ0n) is 8.53. The first-order valence-electron chi connectivity index (χ1n) is 4.78. The predicted octanol–water partition coefficient (Wildman–Crippen LogP) is 4.10. The second kappa shape index (κ2) is 4.78. The Morgan fingerprint density at radius 1 is 1.17 bits per heavy atom. The van der Waals surface area contributed by atoms with E-state index in [4.69, 9.17) is 0 Å². The highest BCUT2D eigenvalue weighted by atomic mass is 19.3. The lowest BCUT2D eigenvalue weighted by Crippen LogP contribution is -2.24. The monoisotopic (exact) mass is 178 g/mol. The Balaban J connectivity index is 3.75. The molecule has 0 nitrogen and oxygen atoms in total. The van der Waals surface area contributed by atoms with Gasteiger partial charge < -0.3 is 0 Å². The van der Waals surface area contributed by atoms with E-state index in [1.54, 1.807) is 13.8 Å². The van der Waals surface area contributed by atoms with Crippen molar-refractivity contribution in [3.63, 3.8) is 0 Å². The lowest BCUT2D eigenvalue weighted by Gasteiger charge is -2.21. The van der Waals surface area contributed by atoms with E-state index in [1.165, 1.54) is 0 Å². The quantitative estimate of drug-likeness (QED) is 0.594. The molecular formula is C10H20F2. The Labute approximate surface area is 74.4 Å². The molecule has 0 aliphatic heterocycles. The molecule has 0 heterocycles. The Morgan fingerprint density at radius 2 is 1.67 bits per heavy atom. The van der Waals surface area contributed by atoms with Crippen LogP contribution in [0.3, 0.4) is 0 Å². The molecule has 1 atom stereocenters. The maximum absolute atomic E-state index is 13.0. The average molecular weight is 178 g/mol. The Kier molecular flexibility index (Phi) is 4.73. The van der Waals surface area contributed by atoms with Crippen LogP contribution in [0.1, 0.15) is 47.0 Å². The third-order valence-corrected chi connectivity index (χ3v) is 2.51. The minimum atomic E-state index is -2.47. The molecule has 0 amide bonds. The minimum absolute atomic E-state index is 0.0413. The van der Waals surface area contributed by atoms with Gasteiger partial charge in [-0.2, -0.15) is 0 Å². The van der Waals surface area contributed by atoms with E-state index < -0.39 is 11.8 Å². The van der Waals surface area contributed by atoms with Gasteiger partial charge in [0.1, 0.15) is 0 Å². The molecular weight excluding hydrogens is 158 g/mol. The molecule has 0 aromatic carbocycles. The van der Waals surface area contributed by atoms with Crippen LogP contribution < -0.4 is 0 Å². The largest absolute Gasteiger partial charge is 0.250 e. The Hall–Kier alpha value is -0.140. The summed E-state index contributed by atoms with van der Waals surface area (Å²) in [7, 11) is 0. The van der Waals surface area contributed by atoms with Gasteiger partial charge in [0.2, 0.25) is 5.92 Å². The molecule has 0 aliphatic rings. The third kappa shape index (κ3) is 4.03. The molecule has 2 heteroatoms. The van der Waals surface area contributed by atoms with Crippen LogP contribution in [0.2, 0.25) is 0 Å². The van der Waals surface area contributed by atoms with Gasteiger partial charge in [-0.1, -0.05) is 34.1 Å². The maximum Gasteiger partial charge on any atom is 0.250 e. The topological polar surface area (TPSA) is 0 Å². The first-order chi connectivity index (χ1) is 5.40. The number of hydrogen-bond acceptors (Lipinski definition) is 0. The summed E-state index contributed by atoms with van der Waals surface area (Å²) in [5, 5.41) is 0. The van der Waals surface area contributed by atoms with Crippen molar-refractivity contribution in [3.05, 3.63) is 0 Å². The van der Waals surface area contributed by atoms with Crippen LogP contribution >= 0.6 is 0 Å². The van der Waals surface area contributed by atoms with E-state index in [9.17, 15) is 8.78 Å². The van der Waals surface area contributed by atoms with Gasteiger partial charge in [-0.3, -0.25) is 0 Å². The van der Waals surface area contributed by atoms with Crippen molar-refractivity contribution in [2.75, 3.05) is 0 Å². The van der Waals surface area contributed by atoms with Gasteiger partial charge in [-0.25, -0.2) is 8.78 Å². The first kappa shape index (κ1) is 11.9. The molecule has 0 aromatic heterocycles. The van der Waals surface area contributed by atoms with Crippen molar-refractivity contribution in [2.24, 2.45) is 11.8 Å². The summed E-state index contributed by atoms with van der Waals surface area (Å²) in [6.45, 7) is 7.22. The van der Waals surface area contributed by atoms with Gasteiger partial charge >= 0.3 is 0 Å². The number of rotatable bonds is 5. The SMILES string of the molecule is CC[C@@H](C)CCC(F)(F)C(C)C. The van der Waals surface area contributed by atoms with Crippen molar-refractivity contribution in [2.45, 2.75) is 52.9 Å². The highest BCUT2D eigenvalue weighted by Gasteiger charge is 2.32. The molecule has 0 aliphatic carbocycles. The first-order valence-corrected chi connectivity index (χ1v) is 4.78. The lowest BCUT2D eigenvalue weighted by atomic mass is 9.95. The van der Waals surface area contributed by atoms with Crippen molar-refractivity contribution < 1.29 is 8.78 Å². The summed E-state index contributed by atoms with van der Waals surface area (Å²) >= 11 is 0. The van der Waals surface area contributed by atoms with E-state index in [-0.39, 0.29) is 6.42 Å². The van der Waals surface area contributed by atoms with E-state index in [0.717, 1.165) is 6.42 Å². The number of alkyl halides is 2. The van der Waals surface area contributed by atoms with Crippen LogP contribution in [0.15, 0.2) is 0 Å². The van der Waals surface area contributed by atoms with Gasteiger partial charge in [-0.05, 0) is 12.3 Å². The van der Waals surface area contributed by atoms with Gasteiger partial charge in [0.05, 0.1) is 0 Å². The van der Waals surface area contributed by atoms with Crippen molar-refractivity contribution in [1.29, 1.82) is 0 Å². The van der Waals surface area contributed by atoms with Crippen molar-refractivity contribution in [1.82, 2.24) is 0 Å². The highest BCUT2D eigenvalue weighted by Crippen LogP contribution is 2.30. The molecule has 0 N–H and O–H groups in total. The molecule has 0 radical (unpaired) electrons. The summed E-state index contributed by atoms with van der Waals surface area (Å²) in [6, 6.07) is 0. The van der Waals surface area contributed by atoms with E-state index in [1.807, 2.05) is 13.8 Å². The summed E-state index contributed by atoms with van der Waals surface area (Å²) in [5.74, 6) is -2.57. The van der Waals surface area contributed by atoms with Crippen LogP contribution in [0.4, 0.5) is 8.78 Å². The van der Waals surface area contributed by atoms with Crippen LogP contribution in [0, 0.1) is 11.8 Å². The molecule has 0 saturated carbocycles. The normalized spacial score (nSPS) is 15.2. The zero-order chi connectivity index (χ0) is 9.78. The fraction of sp³-hybridized carbons (Fsp3) is 1.00. The third-order valence-electron chi connectivity index (χ3n) is 2.51. The zero-order valence-corrected chi connectivity index (χ0v) is 8.53. The molecule has 12 heavy (non-hydrogen) atoms. The van der Waals surface area contributed by atoms with Crippen molar-refractivity contribution in [3.8, 4) is 0 Å². The molecule has 0 bridgehead atoms. The lowest BCUT2D eigenvalue weighted by molar-refractivity contribution is -0.0564. The van der Waals surface area contributed by atoms with Gasteiger partial charge in [0, 0.05) is 12.3 Å². The average Bonchev–Trinajstić information content (AvgIpc) is 2.00. The van der Waals surface area contributed by atoms with Crippen LogP contribution in [-0.4, -0.2) is 5.92 Å². The van der Waals surface area contributed by atoms with Crippen molar-refractivity contribution >= 4 is 0 Å². The summed E-state index contributed by atoms with van der Waals surface area (Å²) in [4.78, 5) is 0. The summed E-state index contributed by atoms with van der Waals surface area (Å²) in [5.41, 5.74) is 0. The standard InChI is InChI=1S/C10H20F2/c1-5-9(4)6-7-10(11,12)8(2)3/h8-9H,5-7H2,1-4H3/t9-/m1/s1. The maximum atomic E-state index is 13.0. The Bertz CT molecular complexity index is 119. The second-order valence-corrected chi connectivity index (χ2v) is 3.97. The molecule has 0 spiro atoms. The molecule has 0 rings (SSSR count). The Morgan fingerprint density at radius 3 is 2.00 bits per heavy atom. The molecule has 74 valence electrons. The molecule has 0 unspecified atom stereocenters. The summed E-state index contributed by atoms with van der Waals surface area (Å²) in [6.07, 6.45) is 1.68. The van der Waals surface area contributed by atoms with Gasteiger partial charge in [-0.15, -0.1) is 0 Å². The van der Waals surface area contributed by atoms with Crippen LogP contribution in [0.5, 0.6) is 0 Å². The second-order valence-electron chi connectivity index (χ2n) is 3.97. The summed E-state index contributed by atoms with van der Waals surface area (Å²) < 4.78 is 26.1. The molecule has 0 fully saturated rings. The van der Waals surface area contributed by atoms with Crippen LogP contribution in [0.25, 0.3) is 0 Å². The fourth-order valence-electron chi connectivity index (χ4n) is 0.932. The van der Waals surface area contributed by atoms with Crippen LogP contribution in [-0.2, 0) is 0 Å². The highest BCUT2D eigenvalue weighted by molar-refractivity contribution is 4.71. The van der Waals surface area contributed by atoms with E-state index in [0.29, 0.717) is 12.3 Å². The number of hydrogen-bond donors (Lipinski definition) is 0. The fourth-order valence-corrected chi connectivity index (χ4v) is 0.932. The van der Waals surface area contributed by atoms with Gasteiger partial charge in [0.15, 0.2) is 0 Å². The number of halogens is 2. The predicted molar refractivity (Wildman–Crippen MR) is 48.5 cm³/mol. The smallest absolute Gasteiger partial charge is 0.207 e. The van der Waals surface area contributed by atoms with E-state index >= 15 is 0 Å².